The minimum atomic E-state index is -4.63. The van der Waals surface area contributed by atoms with Crippen molar-refractivity contribution in [2.45, 2.75) is 58.5 Å². The van der Waals surface area contributed by atoms with E-state index in [1.165, 1.54) is 0 Å². The van der Waals surface area contributed by atoms with Crippen molar-refractivity contribution in [2.24, 2.45) is 5.92 Å². The van der Waals surface area contributed by atoms with Gasteiger partial charge in [-0.3, -0.25) is 9.10 Å². The molecule has 0 bridgehead atoms. The normalized spacial score (nSPS) is 13.2. The molecular formula is C20H30ClF3N2O3S. The molecule has 1 N–H and O–H groups in total. The monoisotopic (exact) mass is 470 g/mol. The van der Waals surface area contributed by atoms with E-state index in [4.69, 9.17) is 11.6 Å². The summed E-state index contributed by atoms with van der Waals surface area (Å²) in [7, 11) is -3.89. The maximum atomic E-state index is 13.0. The van der Waals surface area contributed by atoms with Crippen LogP contribution < -0.4 is 9.62 Å². The number of benzene rings is 1. The molecule has 30 heavy (non-hydrogen) atoms. The van der Waals surface area contributed by atoms with Crippen molar-refractivity contribution in [2.75, 3.05) is 23.7 Å². The lowest BCUT2D eigenvalue weighted by atomic mass is 9.99. The van der Waals surface area contributed by atoms with Crippen molar-refractivity contribution in [3.8, 4) is 0 Å². The highest BCUT2D eigenvalue weighted by Crippen LogP contribution is 2.36. The molecule has 0 aliphatic rings. The summed E-state index contributed by atoms with van der Waals surface area (Å²) in [5.41, 5.74) is -1.24. The van der Waals surface area contributed by atoms with E-state index in [1.807, 2.05) is 0 Å². The molecular weight excluding hydrogens is 441 g/mol. The number of sulfonamides is 1. The van der Waals surface area contributed by atoms with Gasteiger partial charge in [-0.2, -0.15) is 13.2 Å². The summed E-state index contributed by atoms with van der Waals surface area (Å²) < 4.78 is 64.2. The minimum absolute atomic E-state index is 0.0623. The van der Waals surface area contributed by atoms with E-state index in [1.54, 1.807) is 0 Å². The van der Waals surface area contributed by atoms with Crippen molar-refractivity contribution in [1.82, 2.24) is 5.32 Å². The van der Waals surface area contributed by atoms with Gasteiger partial charge < -0.3 is 5.32 Å². The van der Waals surface area contributed by atoms with Gasteiger partial charge in [-0.15, -0.1) is 0 Å². The van der Waals surface area contributed by atoms with Gasteiger partial charge in [0, 0.05) is 19.5 Å². The zero-order chi connectivity index (χ0) is 22.9. The first-order valence-electron chi connectivity index (χ1n) is 10.0. The molecule has 0 unspecified atom stereocenters. The van der Waals surface area contributed by atoms with Crippen molar-refractivity contribution < 1.29 is 26.4 Å². The average Bonchev–Trinajstić information content (AvgIpc) is 2.64. The number of alkyl halides is 3. The van der Waals surface area contributed by atoms with Gasteiger partial charge >= 0.3 is 6.18 Å². The molecule has 0 aromatic heterocycles. The average molecular weight is 471 g/mol. The van der Waals surface area contributed by atoms with Crippen LogP contribution in [-0.2, 0) is 21.0 Å². The van der Waals surface area contributed by atoms with Gasteiger partial charge in [0.25, 0.3) is 0 Å². The number of unbranched alkanes of at least 4 members (excludes halogenated alkanes) is 1. The van der Waals surface area contributed by atoms with Crippen LogP contribution in [0.3, 0.4) is 0 Å². The lowest BCUT2D eigenvalue weighted by molar-refractivity contribution is -0.137. The van der Waals surface area contributed by atoms with Gasteiger partial charge in [0.1, 0.15) is 0 Å². The SMILES string of the molecule is CCCC[C@H](CC)CNC(=O)CCCN(c1cc(C(F)(F)F)ccc1Cl)S(C)(=O)=O. The van der Waals surface area contributed by atoms with E-state index in [-0.39, 0.29) is 36.0 Å². The quantitative estimate of drug-likeness (QED) is 0.454. The third-order valence-corrected chi connectivity index (χ3v) is 6.34. The van der Waals surface area contributed by atoms with Crippen LogP contribution in [0.15, 0.2) is 18.2 Å². The van der Waals surface area contributed by atoms with Gasteiger partial charge in [-0.1, -0.05) is 44.7 Å². The summed E-state index contributed by atoms with van der Waals surface area (Å²) in [6.45, 7) is 4.58. The lowest BCUT2D eigenvalue weighted by Gasteiger charge is -2.24. The van der Waals surface area contributed by atoms with E-state index in [9.17, 15) is 26.4 Å². The Bertz CT molecular complexity index is 801. The van der Waals surface area contributed by atoms with E-state index >= 15 is 0 Å². The van der Waals surface area contributed by atoms with Crippen LogP contribution in [0.5, 0.6) is 0 Å². The Morgan fingerprint density at radius 3 is 2.43 bits per heavy atom. The highest BCUT2D eigenvalue weighted by atomic mass is 35.5. The molecule has 0 heterocycles. The standard InChI is InChI=1S/C20H30ClF3N2O3S/c1-4-6-8-15(5-2)14-25-19(27)9-7-12-26(30(3,28)29)18-13-16(20(22,23)24)10-11-17(18)21/h10-11,13,15H,4-9,12,14H2,1-3H3,(H,25,27)/t15-/m0/s1. The molecule has 0 fully saturated rings. The van der Waals surface area contributed by atoms with E-state index in [2.05, 4.69) is 19.2 Å². The van der Waals surface area contributed by atoms with Crippen LogP contribution in [0.4, 0.5) is 18.9 Å². The molecule has 172 valence electrons. The molecule has 0 saturated carbocycles. The molecule has 0 spiro atoms. The molecule has 1 amide bonds. The van der Waals surface area contributed by atoms with Crippen LogP contribution in [0, 0.1) is 5.92 Å². The molecule has 1 aromatic carbocycles. The summed E-state index contributed by atoms with van der Waals surface area (Å²) in [5.74, 6) is 0.180. The first kappa shape index (κ1) is 26.6. The Labute approximate surface area is 182 Å². The topological polar surface area (TPSA) is 66.5 Å². The Morgan fingerprint density at radius 1 is 1.23 bits per heavy atom. The fourth-order valence-corrected chi connectivity index (χ4v) is 4.26. The number of nitrogens with one attached hydrogen (secondary N) is 1. The molecule has 10 heteroatoms. The summed E-state index contributed by atoms with van der Waals surface area (Å²) >= 11 is 5.98. The molecule has 0 aliphatic carbocycles. The molecule has 1 rings (SSSR count). The fourth-order valence-electron chi connectivity index (χ4n) is 3.02. The maximum Gasteiger partial charge on any atom is 0.416 e. The Kier molecular flexibility index (Phi) is 10.4. The number of anilines is 1. The molecule has 5 nitrogen and oxygen atoms in total. The van der Waals surface area contributed by atoms with E-state index in [0.717, 1.165) is 48.4 Å². The summed E-state index contributed by atoms with van der Waals surface area (Å²) in [6, 6.07) is 2.53. The van der Waals surface area contributed by atoms with Gasteiger partial charge in [0.2, 0.25) is 15.9 Å². The third-order valence-electron chi connectivity index (χ3n) is 4.84. The number of amides is 1. The fraction of sp³-hybridized carbons (Fsp3) is 0.650. The highest BCUT2D eigenvalue weighted by Gasteiger charge is 2.32. The largest absolute Gasteiger partial charge is 0.416 e. The second-order valence-corrected chi connectivity index (χ2v) is 9.64. The van der Waals surface area contributed by atoms with Crippen molar-refractivity contribution >= 4 is 33.2 Å². The van der Waals surface area contributed by atoms with Crippen LogP contribution >= 0.6 is 11.6 Å². The number of hydrogen-bond donors (Lipinski definition) is 1. The van der Waals surface area contributed by atoms with Crippen LogP contribution in [0.1, 0.15) is 57.9 Å². The van der Waals surface area contributed by atoms with Gasteiger partial charge in [0.15, 0.2) is 0 Å². The predicted molar refractivity (Wildman–Crippen MR) is 114 cm³/mol. The predicted octanol–water partition coefficient (Wildman–Crippen LogP) is 5.24. The number of halogens is 4. The van der Waals surface area contributed by atoms with Crippen LogP contribution in [0.25, 0.3) is 0 Å². The molecule has 0 radical (unpaired) electrons. The summed E-state index contributed by atoms with van der Waals surface area (Å²) in [4.78, 5) is 12.1. The Morgan fingerprint density at radius 2 is 1.90 bits per heavy atom. The van der Waals surface area contributed by atoms with E-state index < -0.39 is 21.8 Å². The Balaban J connectivity index is 2.77. The minimum Gasteiger partial charge on any atom is -0.356 e. The molecule has 1 aromatic rings. The second kappa shape index (κ2) is 11.8. The van der Waals surface area contributed by atoms with Crippen molar-refractivity contribution in [1.29, 1.82) is 0 Å². The smallest absolute Gasteiger partial charge is 0.356 e. The van der Waals surface area contributed by atoms with Gasteiger partial charge in [0.05, 0.1) is 22.5 Å². The number of rotatable bonds is 12. The van der Waals surface area contributed by atoms with Crippen molar-refractivity contribution in [3.05, 3.63) is 28.8 Å². The number of carbonyl (C=O) groups excluding carboxylic acids is 1. The highest BCUT2D eigenvalue weighted by molar-refractivity contribution is 7.92. The van der Waals surface area contributed by atoms with Gasteiger partial charge in [-0.25, -0.2) is 8.42 Å². The number of hydrogen-bond acceptors (Lipinski definition) is 3. The maximum absolute atomic E-state index is 13.0. The van der Waals surface area contributed by atoms with Gasteiger partial charge in [-0.05, 0) is 37.0 Å². The van der Waals surface area contributed by atoms with Crippen LogP contribution in [-0.4, -0.2) is 33.7 Å². The van der Waals surface area contributed by atoms with Crippen LogP contribution in [0.2, 0.25) is 5.02 Å². The summed E-state index contributed by atoms with van der Waals surface area (Å²) in [5, 5.41) is 2.74. The molecule has 0 saturated heterocycles. The first-order valence-corrected chi connectivity index (χ1v) is 12.2. The second-order valence-electron chi connectivity index (χ2n) is 7.32. The lowest BCUT2D eigenvalue weighted by Crippen LogP contribution is -2.33. The third kappa shape index (κ3) is 8.71. The Hall–Kier alpha value is -1.48. The zero-order valence-electron chi connectivity index (χ0n) is 17.6. The number of carbonyl (C=O) groups is 1. The molecule has 1 atom stereocenters. The first-order chi connectivity index (χ1) is 13.9. The molecule has 0 aliphatic heterocycles. The summed E-state index contributed by atoms with van der Waals surface area (Å²) in [6.07, 6.45) is 0.641. The van der Waals surface area contributed by atoms with E-state index in [0.29, 0.717) is 18.5 Å². The zero-order valence-corrected chi connectivity index (χ0v) is 19.1. The number of nitrogens with zero attached hydrogens (tertiary/aromatic N) is 1. The van der Waals surface area contributed by atoms with Crippen molar-refractivity contribution in [3.63, 3.8) is 0 Å².